The van der Waals surface area contributed by atoms with Gasteiger partial charge in [-0.2, -0.15) is 0 Å². The van der Waals surface area contributed by atoms with Gasteiger partial charge in [0, 0.05) is 0 Å². The van der Waals surface area contributed by atoms with Crippen LogP contribution in [-0.2, 0) is 14.0 Å². The lowest BCUT2D eigenvalue weighted by Gasteiger charge is -2.71. The Hall–Kier alpha value is -2.14. The summed E-state index contributed by atoms with van der Waals surface area (Å²) >= 11 is 0. The van der Waals surface area contributed by atoms with Gasteiger partial charge in [-0.05, 0) is 144 Å². The highest BCUT2D eigenvalue weighted by molar-refractivity contribution is 6.75. The van der Waals surface area contributed by atoms with E-state index < -0.39 is 13.7 Å². The molecule has 5 aliphatic carbocycles. The van der Waals surface area contributed by atoms with Crippen LogP contribution in [0.4, 0.5) is 0 Å². The molecule has 0 N–H and O–H groups in total. The summed E-state index contributed by atoms with van der Waals surface area (Å²) in [7, 11) is -0.817. The van der Waals surface area contributed by atoms with Crippen molar-refractivity contribution in [2.75, 3.05) is 7.11 Å². The topological polar surface area (TPSA) is 52.6 Å². The van der Waals surface area contributed by atoms with Crippen LogP contribution in [0.1, 0.15) is 137 Å². The molecule has 0 aliphatic heterocycles. The van der Waals surface area contributed by atoms with Crippen molar-refractivity contribution in [3.05, 3.63) is 53.1 Å². The summed E-state index contributed by atoms with van der Waals surface area (Å²) in [4.78, 5) is 26.8. The average molecular weight is 687 g/mol. The highest BCUT2D eigenvalue weighted by Crippen LogP contribution is 2.76. The van der Waals surface area contributed by atoms with Gasteiger partial charge in [-0.25, -0.2) is 4.79 Å². The van der Waals surface area contributed by atoms with E-state index in [0.29, 0.717) is 29.2 Å². The predicted molar refractivity (Wildman–Crippen MR) is 203 cm³/mol. The molecule has 9 atom stereocenters. The summed E-state index contributed by atoms with van der Waals surface area (Å²) in [5.41, 5.74) is 4.88. The van der Waals surface area contributed by atoms with E-state index in [9.17, 15) is 9.59 Å². The summed E-state index contributed by atoms with van der Waals surface area (Å²) < 4.78 is 11.7. The average Bonchev–Trinajstić information content (AvgIpc) is 3.02. The zero-order chi connectivity index (χ0) is 36.2. The molecule has 0 aromatic heterocycles. The minimum Gasteiger partial charge on any atom is -0.519 e. The fourth-order valence-electron chi connectivity index (χ4n) is 12.3. The number of hydrogen-bond donors (Lipinski definition) is 0. The molecule has 4 nitrogen and oxygen atoms in total. The summed E-state index contributed by atoms with van der Waals surface area (Å²) in [5.74, 6) is 2.30. The van der Waals surface area contributed by atoms with Crippen LogP contribution in [0.5, 0.6) is 0 Å². The summed E-state index contributed by atoms with van der Waals surface area (Å²) in [6.07, 6.45) is 14.0. The molecule has 270 valence electrons. The molecule has 0 radical (unpaired) electrons. The molecule has 3 saturated carbocycles. The fraction of sp³-hybridized carbons (Fsp3) is 0.727. The first-order valence-electron chi connectivity index (χ1n) is 19.4. The van der Waals surface area contributed by atoms with Gasteiger partial charge in [-0.3, -0.25) is 4.79 Å². The Bertz CT molecular complexity index is 1560. The van der Waals surface area contributed by atoms with Gasteiger partial charge in [0.25, 0.3) is 14.3 Å². The van der Waals surface area contributed by atoms with Crippen molar-refractivity contribution in [1.29, 1.82) is 0 Å². The van der Waals surface area contributed by atoms with E-state index in [0.717, 1.165) is 38.5 Å². The number of carbonyl (C=O) groups excluding carboxylic acids is 2. The van der Waals surface area contributed by atoms with E-state index in [-0.39, 0.29) is 44.6 Å². The summed E-state index contributed by atoms with van der Waals surface area (Å²) in [6, 6.07) is 8.05. The van der Waals surface area contributed by atoms with Gasteiger partial charge in [-0.15, -0.1) is 0 Å². The highest BCUT2D eigenvalue weighted by Gasteiger charge is 2.69. The summed E-state index contributed by atoms with van der Waals surface area (Å²) in [6.45, 7) is 28.9. The van der Waals surface area contributed by atoms with Crippen LogP contribution in [0.25, 0.3) is 5.57 Å². The molecular formula is C44H66O4Si. The number of methoxy groups -OCH3 is 1. The van der Waals surface area contributed by atoms with Gasteiger partial charge in [0.1, 0.15) is 0 Å². The van der Waals surface area contributed by atoms with Crippen LogP contribution in [0.3, 0.4) is 0 Å². The van der Waals surface area contributed by atoms with Crippen LogP contribution < -0.4 is 0 Å². The highest BCUT2D eigenvalue weighted by atomic mass is 28.4. The molecule has 5 heteroatoms. The number of allylic oxidation sites excluding steroid dienone is 4. The lowest BCUT2D eigenvalue weighted by Crippen LogP contribution is -2.64. The van der Waals surface area contributed by atoms with E-state index in [2.05, 4.69) is 107 Å². The second-order valence-corrected chi connectivity index (χ2v) is 24.8. The zero-order valence-corrected chi connectivity index (χ0v) is 34.1. The number of hydrogen-bond acceptors (Lipinski definition) is 4. The number of ether oxygens (including phenoxy) is 1. The molecule has 0 saturated heterocycles. The molecular weight excluding hydrogens is 621 g/mol. The number of rotatable bonds is 4. The maximum atomic E-state index is 14.7. The van der Waals surface area contributed by atoms with Crippen molar-refractivity contribution < 1.29 is 18.8 Å². The lowest BCUT2D eigenvalue weighted by molar-refractivity contribution is -0.178. The Kier molecular flexibility index (Phi) is 8.74. The second kappa shape index (κ2) is 11.7. The summed E-state index contributed by atoms with van der Waals surface area (Å²) in [5, 5.41) is -0.000958. The molecule has 0 amide bonds. The van der Waals surface area contributed by atoms with Crippen molar-refractivity contribution >= 4 is 25.8 Å². The van der Waals surface area contributed by atoms with Crippen LogP contribution in [0, 0.1) is 56.7 Å². The van der Waals surface area contributed by atoms with Crippen LogP contribution >= 0.6 is 0 Å². The Balaban J connectivity index is 1.38. The zero-order valence-electron chi connectivity index (χ0n) is 33.1. The fourth-order valence-corrected chi connectivity index (χ4v) is 13.3. The largest absolute Gasteiger partial charge is 0.519 e. The molecule has 1 aromatic carbocycles. The van der Waals surface area contributed by atoms with E-state index in [1.807, 2.05) is 12.1 Å². The molecule has 0 bridgehead atoms. The second-order valence-electron chi connectivity index (χ2n) is 20.1. The van der Waals surface area contributed by atoms with Gasteiger partial charge < -0.3 is 9.16 Å². The maximum absolute atomic E-state index is 14.7. The molecule has 0 unspecified atom stereocenters. The maximum Gasteiger partial charge on any atom is 0.337 e. The third-order valence-electron chi connectivity index (χ3n) is 16.7. The van der Waals surface area contributed by atoms with Crippen molar-refractivity contribution in [3.8, 4) is 0 Å². The Labute approximate surface area is 299 Å². The Morgan fingerprint density at radius 2 is 1.51 bits per heavy atom. The van der Waals surface area contributed by atoms with Gasteiger partial charge >= 0.3 is 5.97 Å². The van der Waals surface area contributed by atoms with Crippen LogP contribution in [-0.4, -0.2) is 27.4 Å². The smallest absolute Gasteiger partial charge is 0.337 e. The first kappa shape index (κ1) is 36.6. The number of esters is 1. The molecule has 5 aliphatic rings. The third kappa shape index (κ3) is 5.15. The standard InChI is InChI=1S/C44H66O4Si/c1-28-20-25-44(38(46)48-49(12,13)39(3,4)5)27-26-42(9)33(36(44)29(28)2)18-19-35-41(8)23-21-32(30-14-16-31(17-15-30)37(45)47-11)40(6,7)34(41)22-24-43(35,42)10/h14-18,21,28-29,34-36H,19-20,22-27H2,1-13H3/t28-,29+,34+,35-,36+,41+,42-,43-,44+/m1/s1. The predicted octanol–water partition coefficient (Wildman–Crippen LogP) is 11.7. The lowest BCUT2D eigenvalue weighted by atomic mass is 9.33. The third-order valence-corrected chi connectivity index (χ3v) is 21.1. The van der Waals surface area contributed by atoms with E-state index in [1.165, 1.54) is 31.1 Å². The van der Waals surface area contributed by atoms with Crippen molar-refractivity contribution in [2.45, 2.75) is 139 Å². The molecule has 0 spiro atoms. The molecule has 0 heterocycles. The first-order chi connectivity index (χ1) is 22.6. The van der Waals surface area contributed by atoms with E-state index in [4.69, 9.17) is 9.16 Å². The molecule has 3 fully saturated rings. The number of fused-ring (bicyclic) bond motifs is 7. The minimum absolute atomic E-state index is 0.000958. The van der Waals surface area contributed by atoms with Gasteiger partial charge in [0.05, 0.1) is 18.1 Å². The van der Waals surface area contributed by atoms with Gasteiger partial charge in [0.15, 0.2) is 0 Å². The normalized spacial score (nSPS) is 40.0. The monoisotopic (exact) mass is 686 g/mol. The van der Waals surface area contributed by atoms with Crippen LogP contribution in [0.15, 0.2) is 42.0 Å². The van der Waals surface area contributed by atoms with Gasteiger partial charge in [-0.1, -0.05) is 99.1 Å². The van der Waals surface area contributed by atoms with E-state index >= 15 is 0 Å². The van der Waals surface area contributed by atoms with Gasteiger partial charge in [0.2, 0.25) is 0 Å². The Morgan fingerprint density at radius 3 is 2.12 bits per heavy atom. The Morgan fingerprint density at radius 1 is 0.857 bits per heavy atom. The molecule has 49 heavy (non-hydrogen) atoms. The van der Waals surface area contributed by atoms with E-state index in [1.54, 1.807) is 5.57 Å². The minimum atomic E-state index is -2.26. The van der Waals surface area contributed by atoms with Crippen molar-refractivity contribution in [3.63, 3.8) is 0 Å². The first-order valence-corrected chi connectivity index (χ1v) is 22.3. The SMILES string of the molecule is COC(=O)c1ccc(C2=CC[C@]3(C)[C@H]4CC=C5[C@@H]6[C@@H](C)[C@H](C)CC[C@]6(C(=O)O[Si](C)(C)C(C)(C)C)CC[C@@]5(C)[C@]4(C)CC[C@H]3C2(C)C)cc1. The quantitative estimate of drug-likeness (QED) is 0.180. The van der Waals surface area contributed by atoms with Crippen LogP contribution in [0.2, 0.25) is 18.1 Å². The molecule has 1 aromatic rings. The molecule has 6 rings (SSSR count). The number of carbonyl (C=O) groups is 2. The number of benzene rings is 1. The van der Waals surface area contributed by atoms with Crippen molar-refractivity contribution in [1.82, 2.24) is 0 Å². The van der Waals surface area contributed by atoms with Crippen molar-refractivity contribution in [2.24, 2.45) is 56.7 Å².